The van der Waals surface area contributed by atoms with E-state index in [0.717, 1.165) is 30.3 Å². The summed E-state index contributed by atoms with van der Waals surface area (Å²) in [5.41, 5.74) is 4.57. The predicted octanol–water partition coefficient (Wildman–Crippen LogP) is 4.24. The lowest BCUT2D eigenvalue weighted by molar-refractivity contribution is 0.282. The maximum Gasteiger partial charge on any atom is 0.397 e. The summed E-state index contributed by atoms with van der Waals surface area (Å²) in [6, 6.07) is 12.2. The van der Waals surface area contributed by atoms with Crippen LogP contribution in [0.2, 0.25) is 0 Å². The summed E-state index contributed by atoms with van der Waals surface area (Å²) in [5, 5.41) is 26.7. The fourth-order valence-electron chi connectivity index (χ4n) is 4.62. The summed E-state index contributed by atoms with van der Waals surface area (Å²) in [6.45, 7) is -1.76. The largest absolute Gasteiger partial charge is 0.397 e. The second-order valence-corrected chi connectivity index (χ2v) is 20.8. The minimum Gasteiger partial charge on any atom is -0.395 e. The molecule has 7 N–H and O–H groups in total. The lowest BCUT2D eigenvalue weighted by Crippen LogP contribution is -2.15. The molecule has 4 rings (SSSR count). The lowest BCUT2D eigenvalue weighted by atomic mass is 10.1. The second-order valence-electron chi connectivity index (χ2n) is 11.6. The number of rotatable bonds is 19. The van der Waals surface area contributed by atoms with E-state index >= 15 is 0 Å². The van der Waals surface area contributed by atoms with Crippen LogP contribution < -0.4 is 11.1 Å². The molecule has 0 radical (unpaired) electrons. The minimum atomic E-state index is -5.05. The molecule has 0 heterocycles. The van der Waals surface area contributed by atoms with Crippen LogP contribution in [0.25, 0.3) is 0 Å². The van der Waals surface area contributed by atoms with Crippen molar-refractivity contribution in [3.05, 3.63) is 72.8 Å². The van der Waals surface area contributed by atoms with Gasteiger partial charge in [0.15, 0.2) is 19.7 Å². The van der Waals surface area contributed by atoms with Crippen LogP contribution in [0, 0.1) is 0 Å². The van der Waals surface area contributed by atoms with E-state index in [0.29, 0.717) is 18.2 Å². The van der Waals surface area contributed by atoms with Gasteiger partial charge in [-0.25, -0.2) is 25.2 Å². The number of sulfone groups is 2. The standard InChI is InChI=1S/C29H30N8O18S6/c1-31-28-25(36-34-23-16-22(58(42,43)44)10-11-26(23)59(45,46)47)17-24(35-32-18-2-6-20(7-3-18)56(38,39)14-12-54-60(48,49)50)27(30)29(28)37-33-19-4-8-21(9-5-19)57(40,41)15-13-55-61(51,52)53/h2-11,16-17,31H,12-15,30H2,1H3,(H,42,43,44)(H,45,46,47)(H,48,49,50)(H,51,52,53). The first-order chi connectivity index (χ1) is 28.1. The first-order valence-electron chi connectivity index (χ1n) is 16.0. The van der Waals surface area contributed by atoms with Gasteiger partial charge in [-0.3, -0.25) is 18.2 Å². The van der Waals surface area contributed by atoms with Crippen LogP contribution >= 0.6 is 0 Å². The summed E-state index contributed by atoms with van der Waals surface area (Å²) in [6.07, 6.45) is 0. The number of nitrogens with two attached hydrogens (primary N) is 1. The molecular formula is C29H30N8O18S6. The fourth-order valence-corrected chi connectivity index (χ4v) is 8.71. The molecule has 32 heteroatoms. The molecule has 61 heavy (non-hydrogen) atoms. The molecule has 0 aliphatic rings. The quantitative estimate of drug-likeness (QED) is 0.0435. The molecule has 0 fully saturated rings. The Kier molecular flexibility index (Phi) is 14.9. The highest BCUT2D eigenvalue weighted by atomic mass is 32.3. The zero-order chi connectivity index (χ0) is 45.6. The van der Waals surface area contributed by atoms with Crippen LogP contribution in [0.4, 0.5) is 45.5 Å². The van der Waals surface area contributed by atoms with Crippen molar-refractivity contribution in [2.24, 2.45) is 30.7 Å². The first-order valence-corrected chi connectivity index (χ1v) is 24.9. The van der Waals surface area contributed by atoms with Crippen LogP contribution in [0.1, 0.15) is 0 Å². The monoisotopic (exact) mass is 970 g/mol. The first kappa shape index (κ1) is 48.4. The highest BCUT2D eigenvalue weighted by molar-refractivity contribution is 7.91. The molecule has 4 aromatic rings. The average Bonchev–Trinajstić information content (AvgIpc) is 3.14. The average molecular weight is 971 g/mol. The van der Waals surface area contributed by atoms with Gasteiger partial charge in [-0.2, -0.15) is 43.9 Å². The van der Waals surface area contributed by atoms with Gasteiger partial charge in [0.2, 0.25) is 0 Å². The highest BCUT2D eigenvalue weighted by Crippen LogP contribution is 2.47. The predicted molar refractivity (Wildman–Crippen MR) is 211 cm³/mol. The SMILES string of the molecule is CNc1c(N=Nc2cc(S(=O)(=O)O)ccc2S(=O)(=O)O)cc(N=Nc2ccc(S(=O)(=O)CCOS(=O)(=O)O)cc2)c(N)c1N=Nc1ccc(S(=O)(=O)CCOS(=O)(=O)O)cc1. The van der Waals surface area contributed by atoms with Gasteiger partial charge < -0.3 is 11.1 Å². The summed E-state index contributed by atoms with van der Waals surface area (Å²) in [4.78, 5) is -2.31. The number of nitrogens with one attached hydrogen (secondary N) is 1. The Morgan fingerprint density at radius 2 is 0.951 bits per heavy atom. The van der Waals surface area contributed by atoms with E-state index < -0.39 is 101 Å². The molecule has 0 aromatic heterocycles. The summed E-state index contributed by atoms with van der Waals surface area (Å²) in [5.74, 6) is -1.64. The van der Waals surface area contributed by atoms with E-state index in [1.807, 2.05) is 0 Å². The molecule has 26 nitrogen and oxygen atoms in total. The van der Waals surface area contributed by atoms with Crippen molar-refractivity contribution in [3.8, 4) is 0 Å². The number of nitrogen functional groups attached to an aromatic ring is 1. The Labute approximate surface area is 347 Å². The Balaban J connectivity index is 1.80. The van der Waals surface area contributed by atoms with Crippen LogP contribution in [0.5, 0.6) is 0 Å². The highest BCUT2D eigenvalue weighted by Gasteiger charge is 2.22. The van der Waals surface area contributed by atoms with Gasteiger partial charge in [0.25, 0.3) is 20.2 Å². The molecule has 330 valence electrons. The molecule has 0 aliphatic carbocycles. The summed E-state index contributed by atoms with van der Waals surface area (Å²) in [7, 11) is -26.6. The fraction of sp³-hybridized carbons (Fsp3) is 0.172. The van der Waals surface area contributed by atoms with Crippen molar-refractivity contribution in [1.82, 2.24) is 0 Å². The number of hydrogen-bond donors (Lipinski definition) is 6. The van der Waals surface area contributed by atoms with Crippen LogP contribution in [0.15, 0.2) is 123 Å². The Hall–Kier alpha value is -5.26. The zero-order valence-corrected chi connectivity index (χ0v) is 35.4. The Morgan fingerprint density at radius 3 is 1.38 bits per heavy atom. The molecule has 0 unspecified atom stereocenters. The minimum absolute atomic E-state index is 0.0178. The molecular weight excluding hydrogens is 941 g/mol. The molecule has 0 bridgehead atoms. The van der Waals surface area contributed by atoms with Gasteiger partial charge >= 0.3 is 20.8 Å². The van der Waals surface area contributed by atoms with Gasteiger partial charge in [0, 0.05) is 7.05 Å². The van der Waals surface area contributed by atoms with E-state index in [-0.39, 0.29) is 49.6 Å². The summed E-state index contributed by atoms with van der Waals surface area (Å²) >= 11 is 0. The molecule has 0 spiro atoms. The normalized spacial score (nSPS) is 13.4. The maximum atomic E-state index is 12.6. The van der Waals surface area contributed by atoms with Crippen LogP contribution in [-0.4, -0.2) is 100 Å². The topological polar surface area (TPSA) is 416 Å². The van der Waals surface area contributed by atoms with E-state index in [9.17, 15) is 59.6 Å². The van der Waals surface area contributed by atoms with E-state index in [1.165, 1.54) is 31.3 Å². The number of benzene rings is 4. The van der Waals surface area contributed by atoms with Crippen molar-refractivity contribution < 1.29 is 77.1 Å². The summed E-state index contributed by atoms with van der Waals surface area (Å²) < 4.78 is 186. The zero-order valence-electron chi connectivity index (χ0n) is 30.5. The molecule has 0 aliphatic heterocycles. The number of hydrogen-bond acceptors (Lipinski definition) is 22. The Bertz CT molecular complexity index is 3090. The van der Waals surface area contributed by atoms with Crippen LogP contribution in [-0.2, 0) is 69.1 Å². The third kappa shape index (κ3) is 13.9. The van der Waals surface area contributed by atoms with Gasteiger partial charge in [0.05, 0.1) is 62.2 Å². The smallest absolute Gasteiger partial charge is 0.395 e. The van der Waals surface area contributed by atoms with E-state index in [4.69, 9.17) is 14.8 Å². The van der Waals surface area contributed by atoms with Crippen LogP contribution in [0.3, 0.4) is 0 Å². The third-order valence-electron chi connectivity index (χ3n) is 7.42. The van der Waals surface area contributed by atoms with Gasteiger partial charge in [0.1, 0.15) is 27.6 Å². The van der Waals surface area contributed by atoms with E-state index in [1.54, 1.807) is 0 Å². The van der Waals surface area contributed by atoms with Crippen molar-refractivity contribution in [2.45, 2.75) is 19.6 Å². The van der Waals surface area contributed by atoms with Crippen molar-refractivity contribution in [3.63, 3.8) is 0 Å². The third-order valence-corrected chi connectivity index (χ3v) is 13.5. The molecule has 0 atom stereocenters. The van der Waals surface area contributed by atoms with Gasteiger partial charge in [-0.05, 0) is 72.8 Å². The number of nitrogens with zero attached hydrogens (tertiary/aromatic N) is 6. The molecule has 4 aromatic carbocycles. The lowest BCUT2D eigenvalue weighted by Gasteiger charge is -2.12. The maximum absolute atomic E-state index is 12.6. The van der Waals surface area contributed by atoms with Crippen molar-refractivity contribution >= 4 is 106 Å². The van der Waals surface area contributed by atoms with Crippen molar-refractivity contribution in [1.29, 1.82) is 0 Å². The number of azo groups is 3. The van der Waals surface area contributed by atoms with E-state index in [2.05, 4.69) is 44.4 Å². The molecule has 0 saturated carbocycles. The number of anilines is 2. The van der Waals surface area contributed by atoms with Gasteiger partial charge in [-0.15, -0.1) is 20.5 Å². The molecule has 0 saturated heterocycles. The second kappa shape index (κ2) is 18.8. The Morgan fingerprint density at radius 1 is 0.525 bits per heavy atom. The van der Waals surface area contributed by atoms with Crippen molar-refractivity contribution in [2.75, 3.05) is 42.8 Å². The van der Waals surface area contributed by atoms with Gasteiger partial charge in [-0.1, -0.05) is 0 Å². The molecule has 0 amide bonds.